The minimum absolute atomic E-state index is 0.229. The Morgan fingerprint density at radius 2 is 1.91 bits per heavy atom. The van der Waals surface area contributed by atoms with Crippen LogP contribution in [0.15, 0.2) is 24.3 Å². The molecule has 0 radical (unpaired) electrons. The normalized spacial score (nSPS) is 12.0. The minimum Gasteiger partial charge on any atom is -0.497 e. The van der Waals surface area contributed by atoms with Crippen LogP contribution >= 0.6 is 0 Å². The molecule has 0 fully saturated rings. The van der Waals surface area contributed by atoms with Gasteiger partial charge < -0.3 is 14.4 Å². The van der Waals surface area contributed by atoms with E-state index in [1.54, 1.807) is 7.11 Å². The third kappa shape index (κ3) is 7.43. The molecule has 0 spiro atoms. The van der Waals surface area contributed by atoms with Crippen molar-refractivity contribution in [2.45, 2.75) is 58.2 Å². The summed E-state index contributed by atoms with van der Waals surface area (Å²) < 4.78 is 11.1. The number of methoxy groups -OCH3 is 1. The van der Waals surface area contributed by atoms with Gasteiger partial charge >= 0.3 is 5.97 Å². The number of carbonyl (C=O) groups excluding carboxylic acids is 1. The zero-order chi connectivity index (χ0) is 16.2. The van der Waals surface area contributed by atoms with Crippen molar-refractivity contribution < 1.29 is 24.4 Å². The zero-order valence-electron chi connectivity index (χ0n) is 13.4. The van der Waals surface area contributed by atoms with Crippen molar-refractivity contribution >= 4 is 5.97 Å². The summed E-state index contributed by atoms with van der Waals surface area (Å²) in [6, 6.07) is 7.87. The Labute approximate surface area is 132 Å². The van der Waals surface area contributed by atoms with Crippen LogP contribution in [0.1, 0.15) is 51.0 Å². The molecule has 5 nitrogen and oxygen atoms in total. The van der Waals surface area contributed by atoms with Crippen LogP contribution in [0, 0.1) is 0 Å². The fraction of sp³-hybridized carbons (Fsp3) is 0.588. The highest BCUT2D eigenvalue weighted by molar-refractivity contribution is 5.68. The van der Waals surface area contributed by atoms with Gasteiger partial charge in [-0.25, -0.2) is 4.79 Å². The molecule has 0 saturated carbocycles. The van der Waals surface area contributed by atoms with Gasteiger partial charge in [-0.1, -0.05) is 31.9 Å². The molecule has 0 aliphatic rings. The van der Waals surface area contributed by atoms with Gasteiger partial charge in [0.05, 0.1) is 19.8 Å². The van der Waals surface area contributed by atoms with Gasteiger partial charge in [0, 0.05) is 6.42 Å². The Bertz CT molecular complexity index is 416. The van der Waals surface area contributed by atoms with Crippen LogP contribution in [0.2, 0.25) is 0 Å². The Morgan fingerprint density at radius 3 is 2.50 bits per heavy atom. The molecule has 0 bridgehead atoms. The van der Waals surface area contributed by atoms with Gasteiger partial charge in [-0.15, -0.1) is 0 Å². The van der Waals surface area contributed by atoms with Gasteiger partial charge in [0.15, 0.2) is 0 Å². The van der Waals surface area contributed by atoms with Gasteiger partial charge in [0.25, 0.3) is 0 Å². The maximum Gasteiger partial charge on any atom is 0.342 e. The van der Waals surface area contributed by atoms with E-state index in [0.29, 0.717) is 6.61 Å². The van der Waals surface area contributed by atoms with Crippen LogP contribution in [-0.2, 0) is 21.0 Å². The van der Waals surface area contributed by atoms with Crippen molar-refractivity contribution in [3.63, 3.8) is 0 Å². The van der Waals surface area contributed by atoms with Crippen LogP contribution in [0.25, 0.3) is 0 Å². The molecule has 22 heavy (non-hydrogen) atoms. The largest absolute Gasteiger partial charge is 0.497 e. The lowest BCUT2D eigenvalue weighted by molar-refractivity contribution is -0.234. The number of unbranched alkanes of at least 4 members (excludes halogenated alkanes) is 2. The molecule has 1 aromatic carbocycles. The summed E-state index contributed by atoms with van der Waals surface area (Å²) >= 11 is 0. The Balaban J connectivity index is 2.19. The molecule has 1 aromatic rings. The first-order chi connectivity index (χ1) is 10.7. The molecular formula is C17H26O5. The van der Waals surface area contributed by atoms with E-state index in [0.717, 1.165) is 43.4 Å². The van der Waals surface area contributed by atoms with Crippen LogP contribution in [0.5, 0.6) is 5.75 Å². The summed E-state index contributed by atoms with van der Waals surface area (Å²) in [5.41, 5.74) is 1.13. The van der Waals surface area contributed by atoms with E-state index < -0.39 is 5.97 Å². The number of hydrogen-bond acceptors (Lipinski definition) is 5. The van der Waals surface area contributed by atoms with Crippen LogP contribution in [0.4, 0.5) is 0 Å². The first-order valence-corrected chi connectivity index (χ1v) is 7.78. The lowest BCUT2D eigenvalue weighted by Gasteiger charge is -2.16. The average Bonchev–Trinajstić information content (AvgIpc) is 2.57. The van der Waals surface area contributed by atoms with E-state index in [2.05, 4.69) is 11.8 Å². The first-order valence-electron chi connectivity index (χ1n) is 7.78. The minimum atomic E-state index is -0.567. The average molecular weight is 310 g/mol. The summed E-state index contributed by atoms with van der Waals surface area (Å²) in [7, 11) is 1.65. The topological polar surface area (TPSA) is 65.0 Å². The fourth-order valence-electron chi connectivity index (χ4n) is 2.20. The second-order valence-corrected chi connectivity index (χ2v) is 5.25. The number of rotatable bonds is 11. The highest BCUT2D eigenvalue weighted by Crippen LogP contribution is 2.16. The summed E-state index contributed by atoms with van der Waals surface area (Å²) in [4.78, 5) is 14.4. The molecule has 0 aromatic heterocycles. The monoisotopic (exact) mass is 310 g/mol. The van der Waals surface area contributed by atoms with E-state index in [9.17, 15) is 4.79 Å². The van der Waals surface area contributed by atoms with E-state index >= 15 is 0 Å². The van der Waals surface area contributed by atoms with E-state index in [4.69, 9.17) is 14.7 Å². The van der Waals surface area contributed by atoms with Gasteiger partial charge in [-0.05, 0) is 37.0 Å². The van der Waals surface area contributed by atoms with E-state index in [-0.39, 0.29) is 12.5 Å². The molecular weight excluding hydrogens is 284 g/mol. The van der Waals surface area contributed by atoms with Crippen molar-refractivity contribution in [2.24, 2.45) is 0 Å². The second kappa shape index (κ2) is 11.0. The maximum absolute atomic E-state index is 10.8. The molecule has 0 heterocycles. The Morgan fingerprint density at radius 1 is 1.18 bits per heavy atom. The lowest BCUT2D eigenvalue weighted by atomic mass is 10.1. The number of benzene rings is 1. The van der Waals surface area contributed by atoms with E-state index in [1.807, 2.05) is 24.3 Å². The van der Waals surface area contributed by atoms with Crippen LogP contribution < -0.4 is 4.74 Å². The molecule has 5 heteroatoms. The third-order valence-corrected chi connectivity index (χ3v) is 3.61. The van der Waals surface area contributed by atoms with Gasteiger partial charge in [-0.3, -0.25) is 0 Å². The Kier molecular flexibility index (Phi) is 9.26. The van der Waals surface area contributed by atoms with Crippen molar-refractivity contribution in [2.75, 3.05) is 7.11 Å². The fourth-order valence-corrected chi connectivity index (χ4v) is 2.20. The lowest BCUT2D eigenvalue weighted by Crippen LogP contribution is -2.11. The standard InChI is InChI=1S/C17H26O5/c1-3-15(7-5-4-6-8-17(18)22-19)21-13-14-9-11-16(20-2)12-10-14/h9-12,15,19H,3-8,13H2,1-2H3. The third-order valence-electron chi connectivity index (χ3n) is 3.61. The molecule has 1 rings (SSSR count). The van der Waals surface area contributed by atoms with Crippen molar-refractivity contribution in [1.29, 1.82) is 0 Å². The highest BCUT2D eigenvalue weighted by atomic mass is 17.1. The smallest absolute Gasteiger partial charge is 0.342 e. The summed E-state index contributed by atoms with van der Waals surface area (Å²) in [5, 5.41) is 8.15. The first kappa shape index (κ1) is 18.5. The molecule has 0 amide bonds. The molecule has 1 N–H and O–H groups in total. The summed E-state index contributed by atoms with van der Waals surface area (Å²) in [6.45, 7) is 2.71. The number of ether oxygens (including phenoxy) is 2. The van der Waals surface area contributed by atoms with Crippen molar-refractivity contribution in [1.82, 2.24) is 0 Å². The molecule has 1 unspecified atom stereocenters. The quantitative estimate of drug-likeness (QED) is 0.381. The van der Waals surface area contributed by atoms with Crippen molar-refractivity contribution in [3.8, 4) is 5.75 Å². The summed E-state index contributed by atoms with van der Waals surface area (Å²) in [6.07, 6.45) is 5.09. The van der Waals surface area contributed by atoms with Gasteiger partial charge in [-0.2, -0.15) is 5.26 Å². The van der Waals surface area contributed by atoms with E-state index in [1.165, 1.54) is 0 Å². The molecule has 1 atom stereocenters. The van der Waals surface area contributed by atoms with Crippen molar-refractivity contribution in [3.05, 3.63) is 29.8 Å². The van der Waals surface area contributed by atoms with Gasteiger partial charge in [0.1, 0.15) is 5.75 Å². The number of hydrogen-bond donors (Lipinski definition) is 1. The van der Waals surface area contributed by atoms with Crippen LogP contribution in [0.3, 0.4) is 0 Å². The Hall–Kier alpha value is -1.59. The van der Waals surface area contributed by atoms with Gasteiger partial charge in [0.2, 0.25) is 0 Å². The zero-order valence-corrected chi connectivity index (χ0v) is 13.4. The molecule has 0 aliphatic heterocycles. The maximum atomic E-state index is 10.8. The molecule has 124 valence electrons. The highest BCUT2D eigenvalue weighted by Gasteiger charge is 2.08. The second-order valence-electron chi connectivity index (χ2n) is 5.25. The molecule has 0 aliphatic carbocycles. The predicted octanol–water partition coefficient (Wildman–Crippen LogP) is 3.96. The SMILES string of the molecule is CCC(CCCCCC(=O)OO)OCc1ccc(OC)cc1. The molecule has 0 saturated heterocycles. The van der Waals surface area contributed by atoms with Crippen LogP contribution in [-0.4, -0.2) is 24.4 Å². The number of carbonyl (C=O) groups is 1. The summed E-state index contributed by atoms with van der Waals surface area (Å²) in [5.74, 6) is 0.278. The predicted molar refractivity (Wildman–Crippen MR) is 83.7 cm³/mol.